The molecule has 0 bridgehead atoms. The summed E-state index contributed by atoms with van der Waals surface area (Å²) < 4.78 is 13.0. The normalized spacial score (nSPS) is 10.4. The van der Waals surface area contributed by atoms with Gasteiger partial charge in [-0.25, -0.2) is 14.4 Å². The topological polar surface area (TPSA) is 58.1 Å². The van der Waals surface area contributed by atoms with Crippen LogP contribution in [0, 0.1) is 5.82 Å². The first-order chi connectivity index (χ1) is 12.7. The quantitative estimate of drug-likeness (QED) is 0.733. The molecule has 0 saturated heterocycles. The zero-order valence-electron chi connectivity index (χ0n) is 14.4. The van der Waals surface area contributed by atoms with Gasteiger partial charge in [0, 0.05) is 24.8 Å². The van der Waals surface area contributed by atoms with Crippen LogP contribution < -0.4 is 10.2 Å². The molecule has 1 heterocycles. The Kier molecular flexibility index (Phi) is 5.53. The number of anilines is 2. The summed E-state index contributed by atoms with van der Waals surface area (Å²) in [4.78, 5) is 22.8. The lowest BCUT2D eigenvalue weighted by Gasteiger charge is -2.22. The van der Waals surface area contributed by atoms with Crippen molar-refractivity contribution in [2.45, 2.75) is 13.5 Å². The van der Waals surface area contributed by atoms with Crippen LogP contribution in [0.2, 0.25) is 0 Å². The molecule has 1 amide bonds. The van der Waals surface area contributed by atoms with Crippen LogP contribution in [0.15, 0.2) is 67.0 Å². The molecule has 26 heavy (non-hydrogen) atoms. The number of benzene rings is 2. The number of carbonyl (C=O) groups excluding carboxylic acids is 1. The lowest BCUT2D eigenvalue weighted by atomic mass is 10.2. The molecular weight excluding hydrogens is 331 g/mol. The first-order valence-corrected chi connectivity index (χ1v) is 8.33. The Hall–Kier alpha value is -3.28. The molecule has 1 N–H and O–H groups in total. The fraction of sp³-hybridized carbons (Fsp3) is 0.150. The van der Waals surface area contributed by atoms with Crippen molar-refractivity contribution >= 4 is 17.4 Å². The maximum absolute atomic E-state index is 13.0. The Morgan fingerprint density at radius 2 is 1.81 bits per heavy atom. The van der Waals surface area contributed by atoms with E-state index in [1.54, 1.807) is 6.07 Å². The average molecular weight is 350 g/mol. The minimum Gasteiger partial charge on any atom is -0.352 e. The Morgan fingerprint density at radius 3 is 2.50 bits per heavy atom. The largest absolute Gasteiger partial charge is 0.352 e. The van der Waals surface area contributed by atoms with Gasteiger partial charge in [0.2, 0.25) is 0 Å². The summed E-state index contributed by atoms with van der Waals surface area (Å²) in [6, 6.07) is 17.3. The van der Waals surface area contributed by atoms with Crippen LogP contribution >= 0.6 is 0 Å². The van der Waals surface area contributed by atoms with Gasteiger partial charge in [0.15, 0.2) is 0 Å². The third kappa shape index (κ3) is 4.42. The number of aromatic nitrogens is 2. The van der Waals surface area contributed by atoms with E-state index >= 15 is 0 Å². The maximum Gasteiger partial charge on any atom is 0.274 e. The third-order valence-electron chi connectivity index (χ3n) is 3.91. The number of nitrogens with zero attached hydrogens (tertiary/aromatic N) is 3. The number of hydrogen-bond donors (Lipinski definition) is 1. The number of rotatable bonds is 6. The van der Waals surface area contributed by atoms with E-state index in [4.69, 9.17) is 0 Å². The number of amides is 1. The first kappa shape index (κ1) is 17.5. The highest BCUT2D eigenvalue weighted by atomic mass is 19.1. The molecule has 3 rings (SSSR count). The third-order valence-corrected chi connectivity index (χ3v) is 3.91. The van der Waals surface area contributed by atoms with Crippen LogP contribution in [0.5, 0.6) is 0 Å². The predicted octanol–water partition coefficient (Wildman–Crippen LogP) is 3.89. The molecule has 0 saturated carbocycles. The maximum atomic E-state index is 13.0. The van der Waals surface area contributed by atoms with Crippen LogP contribution in [0.4, 0.5) is 15.9 Å². The zero-order chi connectivity index (χ0) is 18.4. The molecule has 0 aliphatic heterocycles. The Bertz CT molecular complexity index is 868. The summed E-state index contributed by atoms with van der Waals surface area (Å²) >= 11 is 0. The van der Waals surface area contributed by atoms with E-state index in [9.17, 15) is 9.18 Å². The minimum atomic E-state index is -0.365. The van der Waals surface area contributed by atoms with Crippen molar-refractivity contribution in [2.75, 3.05) is 16.8 Å². The van der Waals surface area contributed by atoms with Gasteiger partial charge in [-0.05, 0) is 36.8 Å². The van der Waals surface area contributed by atoms with Crippen LogP contribution in [0.25, 0.3) is 0 Å². The standard InChI is InChI=1S/C20H19FN4O/c1-2-25(13-15-6-4-3-5-7-15)19-12-18(22-14-23-19)20(26)24-17-10-8-16(21)9-11-17/h3-12,14H,2,13H2,1H3,(H,24,26). The van der Waals surface area contributed by atoms with Gasteiger partial charge < -0.3 is 10.2 Å². The molecule has 0 unspecified atom stereocenters. The van der Waals surface area contributed by atoms with Crippen molar-refractivity contribution in [1.29, 1.82) is 0 Å². The molecule has 1 aromatic heterocycles. The fourth-order valence-corrected chi connectivity index (χ4v) is 2.53. The number of hydrogen-bond acceptors (Lipinski definition) is 4. The van der Waals surface area contributed by atoms with Crippen LogP contribution in [0.3, 0.4) is 0 Å². The second-order valence-corrected chi connectivity index (χ2v) is 5.72. The van der Waals surface area contributed by atoms with Gasteiger partial charge in [-0.3, -0.25) is 4.79 Å². The number of nitrogens with one attached hydrogen (secondary N) is 1. The Morgan fingerprint density at radius 1 is 1.08 bits per heavy atom. The van der Waals surface area contributed by atoms with Crippen molar-refractivity contribution in [1.82, 2.24) is 9.97 Å². The summed E-state index contributed by atoms with van der Waals surface area (Å²) in [5, 5.41) is 2.70. The summed E-state index contributed by atoms with van der Waals surface area (Å²) in [7, 11) is 0. The molecule has 6 heteroatoms. The summed E-state index contributed by atoms with van der Waals surface area (Å²) in [5.74, 6) is -0.0431. The monoisotopic (exact) mass is 350 g/mol. The number of carbonyl (C=O) groups is 1. The first-order valence-electron chi connectivity index (χ1n) is 8.33. The molecule has 0 aliphatic rings. The van der Waals surface area contributed by atoms with Gasteiger partial charge in [0.25, 0.3) is 5.91 Å². The molecule has 3 aromatic rings. The van der Waals surface area contributed by atoms with Crippen molar-refractivity contribution in [2.24, 2.45) is 0 Å². The van der Waals surface area contributed by atoms with Crippen molar-refractivity contribution in [3.63, 3.8) is 0 Å². The minimum absolute atomic E-state index is 0.255. The van der Waals surface area contributed by atoms with Gasteiger partial charge in [-0.2, -0.15) is 0 Å². The fourth-order valence-electron chi connectivity index (χ4n) is 2.53. The van der Waals surface area contributed by atoms with E-state index in [0.717, 1.165) is 12.1 Å². The Balaban J connectivity index is 1.75. The molecule has 0 spiro atoms. The van der Waals surface area contributed by atoms with Crippen molar-refractivity contribution < 1.29 is 9.18 Å². The van der Waals surface area contributed by atoms with Gasteiger partial charge in [-0.1, -0.05) is 30.3 Å². The van der Waals surface area contributed by atoms with Crippen molar-refractivity contribution in [3.8, 4) is 0 Å². The van der Waals surface area contributed by atoms with Gasteiger partial charge >= 0.3 is 0 Å². The second-order valence-electron chi connectivity index (χ2n) is 5.72. The summed E-state index contributed by atoms with van der Waals surface area (Å²) in [6.45, 7) is 3.46. The molecule has 132 valence electrons. The molecular formula is C20H19FN4O. The van der Waals surface area contributed by atoms with E-state index in [2.05, 4.69) is 20.2 Å². The molecule has 0 radical (unpaired) electrons. The molecule has 5 nitrogen and oxygen atoms in total. The van der Waals surface area contributed by atoms with E-state index in [-0.39, 0.29) is 17.4 Å². The average Bonchev–Trinajstić information content (AvgIpc) is 2.69. The van der Waals surface area contributed by atoms with E-state index in [1.165, 1.54) is 30.6 Å². The van der Waals surface area contributed by atoms with E-state index in [1.807, 2.05) is 37.3 Å². The van der Waals surface area contributed by atoms with Crippen LogP contribution in [0.1, 0.15) is 23.0 Å². The molecule has 2 aromatic carbocycles. The lowest BCUT2D eigenvalue weighted by Crippen LogP contribution is -2.24. The van der Waals surface area contributed by atoms with Crippen LogP contribution in [-0.2, 0) is 6.54 Å². The zero-order valence-corrected chi connectivity index (χ0v) is 14.4. The SMILES string of the molecule is CCN(Cc1ccccc1)c1cc(C(=O)Nc2ccc(F)cc2)ncn1. The lowest BCUT2D eigenvalue weighted by molar-refractivity contribution is 0.102. The molecule has 0 fully saturated rings. The molecule has 0 atom stereocenters. The summed E-state index contributed by atoms with van der Waals surface area (Å²) in [5.41, 5.74) is 1.92. The van der Waals surface area contributed by atoms with Gasteiger partial charge in [0.05, 0.1) is 0 Å². The number of halogens is 1. The van der Waals surface area contributed by atoms with E-state index < -0.39 is 0 Å². The van der Waals surface area contributed by atoms with Crippen molar-refractivity contribution in [3.05, 3.63) is 84.1 Å². The Labute approximate surface area is 151 Å². The van der Waals surface area contributed by atoms with E-state index in [0.29, 0.717) is 18.1 Å². The molecule has 0 aliphatic carbocycles. The van der Waals surface area contributed by atoms with Crippen LogP contribution in [-0.4, -0.2) is 22.4 Å². The highest BCUT2D eigenvalue weighted by Crippen LogP contribution is 2.16. The highest BCUT2D eigenvalue weighted by molar-refractivity contribution is 6.03. The smallest absolute Gasteiger partial charge is 0.274 e. The van der Waals surface area contributed by atoms with Gasteiger partial charge in [0.1, 0.15) is 23.7 Å². The summed E-state index contributed by atoms with van der Waals surface area (Å²) in [6.07, 6.45) is 1.38. The highest BCUT2D eigenvalue weighted by Gasteiger charge is 2.13. The van der Waals surface area contributed by atoms with Gasteiger partial charge in [-0.15, -0.1) is 0 Å². The predicted molar refractivity (Wildman–Crippen MR) is 99.6 cm³/mol. The second kappa shape index (κ2) is 8.20.